The second-order valence-corrected chi connectivity index (χ2v) is 6.57. The summed E-state index contributed by atoms with van der Waals surface area (Å²) in [6.07, 6.45) is 0.843. The van der Waals surface area contributed by atoms with E-state index in [1.165, 1.54) is 5.56 Å². The number of para-hydroxylation sites is 3. The highest BCUT2D eigenvalue weighted by molar-refractivity contribution is 6.10. The van der Waals surface area contributed by atoms with Gasteiger partial charge in [0.15, 0.2) is 0 Å². The predicted octanol–water partition coefficient (Wildman–Crippen LogP) is 4.15. The zero-order valence-corrected chi connectivity index (χ0v) is 15.5. The van der Waals surface area contributed by atoms with Gasteiger partial charge in [0.05, 0.1) is 12.8 Å². The predicted molar refractivity (Wildman–Crippen MR) is 109 cm³/mol. The second-order valence-electron chi connectivity index (χ2n) is 6.57. The first-order valence-corrected chi connectivity index (χ1v) is 9.11. The maximum absolute atomic E-state index is 13.0. The molecular formula is C23H20N2O3. The van der Waals surface area contributed by atoms with Crippen LogP contribution in [0.4, 0.5) is 11.4 Å². The number of nitrogens with one attached hydrogen (secondary N) is 1. The Balaban J connectivity index is 1.56. The minimum Gasteiger partial charge on any atom is -0.495 e. The van der Waals surface area contributed by atoms with Gasteiger partial charge in [-0.3, -0.25) is 9.59 Å². The van der Waals surface area contributed by atoms with Gasteiger partial charge < -0.3 is 15.0 Å². The van der Waals surface area contributed by atoms with Crippen LogP contribution in [-0.2, 0) is 6.42 Å². The molecule has 0 bridgehead atoms. The van der Waals surface area contributed by atoms with Crippen LogP contribution in [0.3, 0.4) is 0 Å². The lowest BCUT2D eigenvalue weighted by Gasteiger charge is -2.18. The number of nitrogens with zero attached hydrogens (tertiary/aromatic N) is 1. The number of fused-ring (bicyclic) bond motifs is 1. The van der Waals surface area contributed by atoms with E-state index in [4.69, 9.17) is 4.74 Å². The number of methoxy groups -OCH3 is 1. The summed E-state index contributed by atoms with van der Waals surface area (Å²) in [5.74, 6) is 0.189. The van der Waals surface area contributed by atoms with Crippen molar-refractivity contribution in [3.63, 3.8) is 0 Å². The fourth-order valence-corrected chi connectivity index (χ4v) is 3.44. The Morgan fingerprint density at radius 3 is 2.54 bits per heavy atom. The molecule has 0 radical (unpaired) electrons. The lowest BCUT2D eigenvalue weighted by molar-refractivity contribution is 0.0989. The lowest BCUT2D eigenvalue weighted by Crippen LogP contribution is -2.29. The molecule has 0 aliphatic carbocycles. The summed E-state index contributed by atoms with van der Waals surface area (Å²) in [7, 11) is 1.55. The Hall–Kier alpha value is -3.60. The molecule has 1 N–H and O–H groups in total. The van der Waals surface area contributed by atoms with Gasteiger partial charge in [-0.2, -0.15) is 0 Å². The van der Waals surface area contributed by atoms with Crippen molar-refractivity contribution in [1.29, 1.82) is 0 Å². The van der Waals surface area contributed by atoms with Crippen LogP contribution in [0.5, 0.6) is 5.75 Å². The smallest absolute Gasteiger partial charge is 0.258 e. The molecule has 0 atom stereocenters. The fraction of sp³-hybridized carbons (Fsp3) is 0.130. The maximum atomic E-state index is 13.0. The van der Waals surface area contributed by atoms with E-state index in [1.54, 1.807) is 48.4 Å². The Morgan fingerprint density at radius 2 is 1.68 bits per heavy atom. The van der Waals surface area contributed by atoms with E-state index in [-0.39, 0.29) is 11.8 Å². The molecule has 0 aromatic heterocycles. The third-order valence-corrected chi connectivity index (χ3v) is 4.86. The molecule has 0 saturated heterocycles. The SMILES string of the molecule is COc1ccccc1NC(=O)c1cccc(C(=O)N2CCc3ccccc32)c1. The average molecular weight is 372 g/mol. The summed E-state index contributed by atoms with van der Waals surface area (Å²) in [4.78, 5) is 27.5. The van der Waals surface area contributed by atoms with E-state index in [0.717, 1.165) is 12.1 Å². The molecule has 3 aromatic rings. The quantitative estimate of drug-likeness (QED) is 0.748. The van der Waals surface area contributed by atoms with Crippen LogP contribution in [0, 0.1) is 0 Å². The average Bonchev–Trinajstić information content (AvgIpc) is 3.18. The Labute approximate surface area is 163 Å². The van der Waals surface area contributed by atoms with Crippen LogP contribution in [0.15, 0.2) is 72.8 Å². The van der Waals surface area contributed by atoms with E-state index < -0.39 is 0 Å². The maximum Gasteiger partial charge on any atom is 0.258 e. The fourth-order valence-electron chi connectivity index (χ4n) is 3.44. The molecule has 3 aromatic carbocycles. The Bertz CT molecular complexity index is 1050. The Kier molecular flexibility index (Phi) is 4.81. The van der Waals surface area contributed by atoms with Crippen molar-refractivity contribution in [2.75, 3.05) is 23.9 Å². The molecule has 1 heterocycles. The van der Waals surface area contributed by atoms with Crippen LogP contribution < -0.4 is 15.0 Å². The third kappa shape index (κ3) is 3.34. The molecule has 0 fully saturated rings. The molecule has 5 nitrogen and oxygen atoms in total. The molecule has 1 aliphatic heterocycles. The number of hydrogen-bond acceptors (Lipinski definition) is 3. The zero-order valence-electron chi connectivity index (χ0n) is 15.5. The molecule has 0 unspecified atom stereocenters. The van der Waals surface area contributed by atoms with Crippen LogP contribution in [0.1, 0.15) is 26.3 Å². The third-order valence-electron chi connectivity index (χ3n) is 4.86. The van der Waals surface area contributed by atoms with Crippen molar-refractivity contribution in [1.82, 2.24) is 0 Å². The second kappa shape index (κ2) is 7.56. The number of hydrogen-bond donors (Lipinski definition) is 1. The topological polar surface area (TPSA) is 58.6 Å². The van der Waals surface area contributed by atoms with Crippen molar-refractivity contribution in [2.45, 2.75) is 6.42 Å². The van der Waals surface area contributed by atoms with Crippen molar-refractivity contribution in [3.8, 4) is 5.75 Å². The molecule has 140 valence electrons. The molecular weight excluding hydrogens is 352 g/mol. The summed E-state index contributed by atoms with van der Waals surface area (Å²) in [6, 6.07) is 21.9. The normalized spacial score (nSPS) is 12.4. The van der Waals surface area contributed by atoms with Crippen LogP contribution in [0.2, 0.25) is 0 Å². The van der Waals surface area contributed by atoms with Gasteiger partial charge in [0.2, 0.25) is 0 Å². The van der Waals surface area contributed by atoms with Crippen molar-refractivity contribution >= 4 is 23.2 Å². The number of carbonyl (C=O) groups is 2. The monoisotopic (exact) mass is 372 g/mol. The van der Waals surface area contributed by atoms with Gasteiger partial charge in [0.25, 0.3) is 11.8 Å². The summed E-state index contributed by atoms with van der Waals surface area (Å²) in [5, 5.41) is 2.84. The van der Waals surface area contributed by atoms with Crippen molar-refractivity contribution in [2.24, 2.45) is 0 Å². The molecule has 1 aliphatic rings. The number of anilines is 2. The molecule has 0 saturated carbocycles. The van der Waals surface area contributed by atoms with E-state index >= 15 is 0 Å². The first kappa shape index (κ1) is 17.8. The van der Waals surface area contributed by atoms with E-state index in [1.807, 2.05) is 36.4 Å². The first-order valence-electron chi connectivity index (χ1n) is 9.11. The van der Waals surface area contributed by atoms with Gasteiger partial charge in [-0.25, -0.2) is 0 Å². The van der Waals surface area contributed by atoms with Gasteiger partial charge in [-0.1, -0.05) is 36.4 Å². The van der Waals surface area contributed by atoms with E-state index in [0.29, 0.717) is 29.1 Å². The van der Waals surface area contributed by atoms with Crippen LogP contribution >= 0.6 is 0 Å². The minimum absolute atomic E-state index is 0.100. The number of benzene rings is 3. The standard InChI is InChI=1S/C23H20N2O3/c1-28-21-12-5-3-10-19(21)24-22(26)17-8-6-9-18(15-17)23(27)25-14-13-16-7-2-4-11-20(16)25/h2-12,15H,13-14H2,1H3,(H,24,26). The van der Waals surface area contributed by atoms with Crippen LogP contribution in [0.25, 0.3) is 0 Å². The van der Waals surface area contributed by atoms with Gasteiger partial charge in [0, 0.05) is 23.4 Å². The molecule has 2 amide bonds. The number of carbonyl (C=O) groups excluding carboxylic acids is 2. The summed E-state index contributed by atoms with van der Waals surface area (Å²) in [5.41, 5.74) is 3.60. The van der Waals surface area contributed by atoms with E-state index in [9.17, 15) is 9.59 Å². The van der Waals surface area contributed by atoms with Gasteiger partial charge >= 0.3 is 0 Å². The number of amides is 2. The zero-order chi connectivity index (χ0) is 19.5. The van der Waals surface area contributed by atoms with E-state index in [2.05, 4.69) is 5.32 Å². The molecule has 0 spiro atoms. The van der Waals surface area contributed by atoms with Crippen molar-refractivity contribution in [3.05, 3.63) is 89.5 Å². The highest BCUT2D eigenvalue weighted by Gasteiger charge is 2.25. The first-order chi connectivity index (χ1) is 13.7. The highest BCUT2D eigenvalue weighted by Crippen LogP contribution is 2.29. The highest BCUT2D eigenvalue weighted by atomic mass is 16.5. The Morgan fingerprint density at radius 1 is 0.929 bits per heavy atom. The minimum atomic E-state index is -0.291. The summed E-state index contributed by atoms with van der Waals surface area (Å²) < 4.78 is 5.27. The van der Waals surface area contributed by atoms with Gasteiger partial charge in [-0.05, 0) is 48.4 Å². The number of rotatable bonds is 4. The largest absolute Gasteiger partial charge is 0.495 e. The summed E-state index contributed by atoms with van der Waals surface area (Å²) >= 11 is 0. The molecule has 4 rings (SSSR count). The lowest BCUT2D eigenvalue weighted by atomic mass is 10.1. The molecule has 5 heteroatoms. The van der Waals surface area contributed by atoms with Crippen molar-refractivity contribution < 1.29 is 14.3 Å². The summed E-state index contributed by atoms with van der Waals surface area (Å²) in [6.45, 7) is 0.649. The molecule has 28 heavy (non-hydrogen) atoms. The van der Waals surface area contributed by atoms with Crippen LogP contribution in [-0.4, -0.2) is 25.5 Å². The van der Waals surface area contributed by atoms with Gasteiger partial charge in [-0.15, -0.1) is 0 Å². The number of ether oxygens (including phenoxy) is 1. The van der Waals surface area contributed by atoms with Gasteiger partial charge in [0.1, 0.15) is 5.75 Å².